The zero-order valence-corrected chi connectivity index (χ0v) is 17.5. The third-order valence-electron chi connectivity index (χ3n) is 5.65. The van der Waals surface area contributed by atoms with Crippen LogP contribution in [0.3, 0.4) is 0 Å². The summed E-state index contributed by atoms with van der Waals surface area (Å²) < 4.78 is 0.874. The number of thioether (sulfide) groups is 1. The Balaban J connectivity index is 1.67. The molecule has 0 unspecified atom stereocenters. The van der Waals surface area contributed by atoms with Gasteiger partial charge >= 0.3 is 5.97 Å². The van der Waals surface area contributed by atoms with Gasteiger partial charge in [-0.25, -0.2) is 4.98 Å². The molecule has 1 aromatic rings. The van der Waals surface area contributed by atoms with E-state index in [9.17, 15) is 9.59 Å². The summed E-state index contributed by atoms with van der Waals surface area (Å²) in [5.41, 5.74) is 0. The Morgan fingerprint density at radius 2 is 1.59 bits per heavy atom. The quantitative estimate of drug-likeness (QED) is 0.519. The van der Waals surface area contributed by atoms with Gasteiger partial charge in [-0.05, 0) is 25.7 Å². The number of aliphatic carboxylic acids is 1. The first-order valence-corrected chi connectivity index (χ1v) is 12.0. The minimum atomic E-state index is -0.831. The van der Waals surface area contributed by atoms with Crippen molar-refractivity contribution >= 4 is 35.0 Å². The third kappa shape index (κ3) is 6.21. The van der Waals surface area contributed by atoms with Crippen molar-refractivity contribution in [2.45, 2.75) is 93.3 Å². The monoisotopic (exact) mass is 410 g/mol. The van der Waals surface area contributed by atoms with E-state index in [0.717, 1.165) is 34.9 Å². The number of carbonyl (C=O) groups is 2. The summed E-state index contributed by atoms with van der Waals surface area (Å²) in [6, 6.07) is 0.791. The third-order valence-corrected chi connectivity index (χ3v) is 7.82. The van der Waals surface area contributed by atoms with E-state index in [4.69, 9.17) is 5.11 Å². The van der Waals surface area contributed by atoms with Crippen LogP contribution >= 0.6 is 23.1 Å². The van der Waals surface area contributed by atoms with Gasteiger partial charge in [-0.2, -0.15) is 0 Å². The molecule has 0 aromatic carbocycles. The van der Waals surface area contributed by atoms with E-state index < -0.39 is 5.97 Å². The number of aromatic nitrogens is 1. The zero-order chi connectivity index (χ0) is 19.1. The topological polar surface area (TPSA) is 70.5 Å². The van der Waals surface area contributed by atoms with Gasteiger partial charge in [-0.15, -0.1) is 23.1 Å². The van der Waals surface area contributed by atoms with Crippen LogP contribution in [0.5, 0.6) is 0 Å². The molecule has 2 fully saturated rings. The molecule has 1 amide bonds. The van der Waals surface area contributed by atoms with E-state index in [1.807, 2.05) is 0 Å². The van der Waals surface area contributed by atoms with Crippen molar-refractivity contribution in [1.82, 2.24) is 9.88 Å². The maximum atomic E-state index is 13.3. The molecule has 0 radical (unpaired) electrons. The molecule has 2 saturated carbocycles. The van der Waals surface area contributed by atoms with Gasteiger partial charge in [-0.1, -0.05) is 44.9 Å². The molecular weight excluding hydrogens is 380 g/mol. The lowest BCUT2D eigenvalue weighted by Gasteiger charge is -2.40. The number of rotatable bonds is 7. The van der Waals surface area contributed by atoms with E-state index >= 15 is 0 Å². The molecule has 7 heteroatoms. The fraction of sp³-hybridized carbons (Fsp3) is 0.750. The number of nitrogens with zero attached hydrogens (tertiary/aromatic N) is 2. The van der Waals surface area contributed by atoms with Crippen LogP contribution in [-0.2, 0) is 16.0 Å². The molecule has 1 N–H and O–H groups in total. The number of carboxylic acids is 1. The average molecular weight is 411 g/mol. The Morgan fingerprint density at radius 3 is 2.15 bits per heavy atom. The van der Waals surface area contributed by atoms with Crippen molar-refractivity contribution in [3.8, 4) is 0 Å². The average Bonchev–Trinajstić information content (AvgIpc) is 2.93. The van der Waals surface area contributed by atoms with Gasteiger partial charge in [0.05, 0.1) is 22.6 Å². The van der Waals surface area contributed by atoms with Gasteiger partial charge in [0.1, 0.15) is 5.01 Å². The Hall–Kier alpha value is -1.08. The molecule has 2 aliphatic carbocycles. The van der Waals surface area contributed by atoms with Crippen molar-refractivity contribution in [2.75, 3.05) is 5.75 Å². The lowest BCUT2D eigenvalue weighted by molar-refractivity contribution is -0.137. The number of hydrogen-bond acceptors (Lipinski definition) is 5. The van der Waals surface area contributed by atoms with Crippen LogP contribution < -0.4 is 0 Å². The Bertz CT molecular complexity index is 620. The number of carbonyl (C=O) groups excluding carboxylic acids is 1. The zero-order valence-electron chi connectivity index (χ0n) is 15.9. The highest BCUT2D eigenvalue weighted by Gasteiger charge is 2.32. The maximum Gasteiger partial charge on any atom is 0.313 e. The molecule has 0 atom stereocenters. The molecule has 1 aromatic heterocycles. The minimum Gasteiger partial charge on any atom is -0.481 e. The molecule has 0 bridgehead atoms. The van der Waals surface area contributed by atoms with Gasteiger partial charge in [-0.3, -0.25) is 9.59 Å². The first kappa shape index (κ1) is 20.6. The molecule has 2 aliphatic rings. The van der Waals surface area contributed by atoms with Gasteiger partial charge in [0.15, 0.2) is 0 Å². The van der Waals surface area contributed by atoms with E-state index in [0.29, 0.717) is 18.5 Å². The van der Waals surface area contributed by atoms with E-state index in [1.165, 1.54) is 68.0 Å². The summed E-state index contributed by atoms with van der Waals surface area (Å²) in [4.78, 5) is 30.6. The van der Waals surface area contributed by atoms with Crippen LogP contribution in [0.1, 0.15) is 75.6 Å². The Labute approximate surface area is 169 Å². The second-order valence-electron chi connectivity index (χ2n) is 7.67. The highest BCUT2D eigenvalue weighted by Crippen LogP contribution is 2.31. The first-order chi connectivity index (χ1) is 13.1. The lowest BCUT2D eigenvalue weighted by atomic mass is 9.91. The Morgan fingerprint density at radius 1 is 1.04 bits per heavy atom. The first-order valence-electron chi connectivity index (χ1n) is 10.2. The molecule has 3 rings (SSSR count). The van der Waals surface area contributed by atoms with Gasteiger partial charge in [0.2, 0.25) is 5.91 Å². The summed E-state index contributed by atoms with van der Waals surface area (Å²) in [7, 11) is 0. The minimum absolute atomic E-state index is 0.0336. The van der Waals surface area contributed by atoms with E-state index in [-0.39, 0.29) is 11.7 Å². The van der Waals surface area contributed by atoms with Crippen LogP contribution in [0.25, 0.3) is 0 Å². The summed E-state index contributed by atoms with van der Waals surface area (Å²) >= 11 is 2.73. The molecule has 0 spiro atoms. The van der Waals surface area contributed by atoms with Gasteiger partial charge in [0, 0.05) is 12.1 Å². The standard InChI is InChI=1S/C20H30N2O3S2/c23-18(12-17-21-13-20(27-17)26-14-19(24)25)22(16-10-6-3-7-11-16)15-8-4-1-2-5-9-15/h13,15-16H,1-12,14H2,(H,24,25). The SMILES string of the molecule is O=C(O)CSc1cnc(CC(=O)N(C2CCCCCC2)C2CCCCC2)s1. The molecule has 27 heavy (non-hydrogen) atoms. The Kier molecular flexibility index (Phi) is 8.00. The van der Waals surface area contributed by atoms with Crippen LogP contribution in [0.15, 0.2) is 10.4 Å². The van der Waals surface area contributed by atoms with E-state index in [2.05, 4.69) is 9.88 Å². The van der Waals surface area contributed by atoms with Crippen molar-refractivity contribution < 1.29 is 14.7 Å². The molecule has 0 saturated heterocycles. The normalized spacial score (nSPS) is 19.6. The van der Waals surface area contributed by atoms with Gasteiger partial charge < -0.3 is 10.0 Å². The number of hydrogen-bond donors (Lipinski definition) is 1. The van der Waals surface area contributed by atoms with Crippen LogP contribution in [0.4, 0.5) is 0 Å². The van der Waals surface area contributed by atoms with Crippen LogP contribution in [-0.4, -0.2) is 44.7 Å². The second kappa shape index (κ2) is 10.5. The molecule has 150 valence electrons. The largest absolute Gasteiger partial charge is 0.481 e. The van der Waals surface area contributed by atoms with Crippen molar-refractivity contribution in [3.63, 3.8) is 0 Å². The fourth-order valence-corrected chi connectivity index (χ4v) is 6.13. The fourth-order valence-electron chi connectivity index (χ4n) is 4.40. The summed E-state index contributed by atoms with van der Waals surface area (Å²) in [5, 5.41) is 9.62. The predicted molar refractivity (Wildman–Crippen MR) is 109 cm³/mol. The van der Waals surface area contributed by atoms with Crippen LogP contribution in [0, 0.1) is 0 Å². The highest BCUT2D eigenvalue weighted by molar-refractivity contribution is 8.01. The number of carboxylic acid groups (broad SMARTS) is 1. The number of amides is 1. The van der Waals surface area contributed by atoms with Crippen LogP contribution in [0.2, 0.25) is 0 Å². The smallest absolute Gasteiger partial charge is 0.313 e. The van der Waals surface area contributed by atoms with E-state index in [1.54, 1.807) is 6.20 Å². The maximum absolute atomic E-state index is 13.3. The van der Waals surface area contributed by atoms with Gasteiger partial charge in [0.25, 0.3) is 0 Å². The molecular formula is C20H30N2O3S2. The lowest BCUT2D eigenvalue weighted by Crippen LogP contribution is -2.48. The highest BCUT2D eigenvalue weighted by atomic mass is 32.2. The van der Waals surface area contributed by atoms with Crippen molar-refractivity contribution in [3.05, 3.63) is 11.2 Å². The molecule has 1 heterocycles. The number of thiazole rings is 1. The summed E-state index contributed by atoms with van der Waals surface area (Å²) in [6.45, 7) is 0. The summed E-state index contributed by atoms with van der Waals surface area (Å²) in [5.74, 6) is -0.577. The van der Waals surface area contributed by atoms with Crippen molar-refractivity contribution in [1.29, 1.82) is 0 Å². The molecule has 0 aliphatic heterocycles. The summed E-state index contributed by atoms with van der Waals surface area (Å²) in [6.07, 6.45) is 15.4. The second-order valence-corrected chi connectivity index (χ2v) is 10.1. The van der Waals surface area contributed by atoms with Crippen molar-refractivity contribution in [2.24, 2.45) is 0 Å². The predicted octanol–water partition coefficient (Wildman–Crippen LogP) is 4.75. The molecule has 5 nitrogen and oxygen atoms in total.